The lowest BCUT2D eigenvalue weighted by atomic mass is 9.85. The third-order valence-corrected chi connectivity index (χ3v) is 3.63. The number of thiol groups is 1. The number of carbonyl (C=O) groups excluding carboxylic acids is 1. The van der Waals surface area contributed by atoms with E-state index in [0.29, 0.717) is 6.04 Å². The Kier molecular flexibility index (Phi) is 4.06. The average molecular weight is 231 g/mol. The quantitative estimate of drug-likeness (QED) is 0.579. The van der Waals surface area contributed by atoms with Crippen molar-refractivity contribution in [1.29, 1.82) is 0 Å². The van der Waals surface area contributed by atoms with E-state index >= 15 is 0 Å². The van der Waals surface area contributed by atoms with Crippen LogP contribution in [0.5, 0.6) is 0 Å². The highest BCUT2D eigenvalue weighted by atomic mass is 32.1. The minimum Gasteiger partial charge on any atom is -0.462 e. The second-order valence-electron chi connectivity index (χ2n) is 4.98. The molecule has 1 heterocycles. The summed E-state index contributed by atoms with van der Waals surface area (Å²) in [4.78, 5) is 13.5. The van der Waals surface area contributed by atoms with Crippen LogP contribution in [0, 0.1) is 0 Å². The maximum atomic E-state index is 11.2. The Morgan fingerprint density at radius 3 is 2.67 bits per heavy atom. The molecule has 0 radical (unpaired) electrons. The molecular formula is C11H21NO2S. The van der Waals surface area contributed by atoms with E-state index in [9.17, 15) is 4.79 Å². The van der Waals surface area contributed by atoms with Crippen molar-refractivity contribution in [1.82, 2.24) is 4.90 Å². The van der Waals surface area contributed by atoms with E-state index in [-0.39, 0.29) is 23.4 Å². The van der Waals surface area contributed by atoms with Crippen molar-refractivity contribution in [2.24, 2.45) is 0 Å². The predicted octanol–water partition coefficient (Wildman–Crippen LogP) is 1.72. The van der Waals surface area contributed by atoms with Crippen LogP contribution in [0.3, 0.4) is 0 Å². The molecule has 0 aromatic rings. The van der Waals surface area contributed by atoms with Gasteiger partial charge in [0, 0.05) is 18.0 Å². The maximum absolute atomic E-state index is 11.2. The van der Waals surface area contributed by atoms with E-state index < -0.39 is 0 Å². The van der Waals surface area contributed by atoms with Crippen molar-refractivity contribution < 1.29 is 9.53 Å². The molecule has 1 saturated heterocycles. The molecule has 0 bridgehead atoms. The van der Waals surface area contributed by atoms with E-state index in [0.717, 1.165) is 12.8 Å². The van der Waals surface area contributed by atoms with Gasteiger partial charge in [-0.25, -0.2) is 0 Å². The van der Waals surface area contributed by atoms with Crippen molar-refractivity contribution in [3.8, 4) is 0 Å². The average Bonchev–Trinajstić information content (AvgIpc) is 2.13. The molecule has 0 amide bonds. The highest BCUT2D eigenvalue weighted by molar-refractivity contribution is 7.81. The molecule has 1 aliphatic rings. The highest BCUT2D eigenvalue weighted by Gasteiger charge is 2.37. The zero-order valence-corrected chi connectivity index (χ0v) is 10.9. The summed E-state index contributed by atoms with van der Waals surface area (Å²) in [5, 5.41) is 0. The molecular weight excluding hydrogens is 210 g/mol. The van der Waals surface area contributed by atoms with Crippen molar-refractivity contribution >= 4 is 18.6 Å². The first-order valence-electron chi connectivity index (χ1n) is 5.40. The molecule has 0 N–H and O–H groups in total. The third-order valence-electron chi connectivity index (χ3n) is 3.37. The van der Waals surface area contributed by atoms with Crippen LogP contribution >= 0.6 is 12.6 Å². The first-order valence-corrected chi connectivity index (χ1v) is 6.03. The lowest BCUT2D eigenvalue weighted by Gasteiger charge is -2.47. The first-order chi connectivity index (χ1) is 6.86. The number of piperidine rings is 1. The summed E-state index contributed by atoms with van der Waals surface area (Å²) in [6.07, 6.45) is 1.86. The van der Waals surface area contributed by atoms with Gasteiger partial charge in [-0.2, -0.15) is 12.6 Å². The lowest BCUT2D eigenvalue weighted by Crippen LogP contribution is -2.54. The summed E-state index contributed by atoms with van der Waals surface area (Å²) >= 11 is 3.91. The molecule has 1 aliphatic heterocycles. The molecule has 2 atom stereocenters. The first kappa shape index (κ1) is 12.8. The number of ether oxygens (including phenoxy) is 1. The highest BCUT2D eigenvalue weighted by Crippen LogP contribution is 2.31. The van der Waals surface area contributed by atoms with Gasteiger partial charge >= 0.3 is 5.97 Å². The molecule has 0 saturated carbocycles. The van der Waals surface area contributed by atoms with Gasteiger partial charge in [-0.3, -0.25) is 9.69 Å². The molecule has 4 heteroatoms. The molecule has 2 unspecified atom stereocenters. The van der Waals surface area contributed by atoms with Gasteiger partial charge in [0.25, 0.3) is 0 Å². The Bertz CT molecular complexity index is 243. The zero-order valence-electron chi connectivity index (χ0n) is 9.99. The van der Waals surface area contributed by atoms with E-state index in [1.165, 1.54) is 0 Å². The van der Waals surface area contributed by atoms with Gasteiger partial charge in [-0.05, 0) is 34.2 Å². The SMILES string of the molecule is CC1CC(OC(=O)CS)CC(C)(C)N1C. The van der Waals surface area contributed by atoms with Crippen LogP contribution in [0.4, 0.5) is 0 Å². The number of likely N-dealkylation sites (tertiary alicyclic amines) is 1. The second-order valence-corrected chi connectivity index (χ2v) is 5.30. The topological polar surface area (TPSA) is 29.5 Å². The van der Waals surface area contributed by atoms with Gasteiger partial charge < -0.3 is 4.74 Å². The normalized spacial score (nSPS) is 31.3. The molecule has 0 spiro atoms. The van der Waals surface area contributed by atoms with Gasteiger partial charge in [-0.15, -0.1) is 0 Å². The Hall–Kier alpha value is -0.220. The van der Waals surface area contributed by atoms with Crippen molar-refractivity contribution in [2.45, 2.75) is 51.3 Å². The molecule has 15 heavy (non-hydrogen) atoms. The largest absolute Gasteiger partial charge is 0.462 e. The van der Waals surface area contributed by atoms with E-state index in [2.05, 4.69) is 45.3 Å². The molecule has 0 aromatic carbocycles. The van der Waals surface area contributed by atoms with Gasteiger partial charge in [0.15, 0.2) is 0 Å². The number of carbonyl (C=O) groups is 1. The van der Waals surface area contributed by atoms with Crippen LogP contribution in [-0.4, -0.2) is 41.4 Å². The minimum atomic E-state index is -0.212. The van der Waals surface area contributed by atoms with Crippen LogP contribution in [0.15, 0.2) is 0 Å². The third kappa shape index (κ3) is 3.11. The van der Waals surface area contributed by atoms with Gasteiger partial charge in [0.05, 0.1) is 5.75 Å². The van der Waals surface area contributed by atoms with Crippen molar-refractivity contribution in [3.63, 3.8) is 0 Å². The molecule has 1 fully saturated rings. The second kappa shape index (κ2) is 4.74. The van der Waals surface area contributed by atoms with Gasteiger partial charge in [0.2, 0.25) is 0 Å². The van der Waals surface area contributed by atoms with E-state index in [4.69, 9.17) is 4.74 Å². The fraction of sp³-hybridized carbons (Fsp3) is 0.909. The monoisotopic (exact) mass is 231 g/mol. The molecule has 0 aliphatic carbocycles. The van der Waals surface area contributed by atoms with E-state index in [1.807, 2.05) is 0 Å². The molecule has 88 valence electrons. The number of esters is 1. The maximum Gasteiger partial charge on any atom is 0.315 e. The minimum absolute atomic E-state index is 0.0471. The number of nitrogens with zero attached hydrogens (tertiary/aromatic N) is 1. The molecule has 1 rings (SSSR count). The van der Waals surface area contributed by atoms with Crippen LogP contribution in [-0.2, 0) is 9.53 Å². The fourth-order valence-corrected chi connectivity index (χ4v) is 2.31. The Labute approximate surface area is 97.6 Å². The Morgan fingerprint density at radius 2 is 2.20 bits per heavy atom. The summed E-state index contributed by atoms with van der Waals surface area (Å²) in [6, 6.07) is 0.450. The van der Waals surface area contributed by atoms with Crippen molar-refractivity contribution in [2.75, 3.05) is 12.8 Å². The van der Waals surface area contributed by atoms with Crippen LogP contribution in [0.1, 0.15) is 33.6 Å². The van der Waals surface area contributed by atoms with Crippen LogP contribution in [0.2, 0.25) is 0 Å². The number of hydrogen-bond acceptors (Lipinski definition) is 4. The predicted molar refractivity (Wildman–Crippen MR) is 64.3 cm³/mol. The van der Waals surface area contributed by atoms with Gasteiger partial charge in [-0.1, -0.05) is 0 Å². The zero-order chi connectivity index (χ0) is 11.6. The smallest absolute Gasteiger partial charge is 0.315 e. The molecule has 0 aromatic heterocycles. The summed E-state index contributed by atoms with van der Waals surface area (Å²) in [5.74, 6) is -0.0443. The van der Waals surface area contributed by atoms with Crippen LogP contribution in [0.25, 0.3) is 0 Å². The Morgan fingerprint density at radius 1 is 1.60 bits per heavy atom. The summed E-state index contributed by atoms with van der Waals surface area (Å²) < 4.78 is 5.35. The number of rotatable bonds is 2. The standard InChI is InChI=1S/C11H21NO2S/c1-8-5-9(14-10(13)7-15)6-11(2,3)12(8)4/h8-9,15H,5-7H2,1-4H3. The van der Waals surface area contributed by atoms with Crippen LogP contribution < -0.4 is 0 Å². The number of hydrogen-bond donors (Lipinski definition) is 1. The van der Waals surface area contributed by atoms with Gasteiger partial charge in [0.1, 0.15) is 6.10 Å². The Balaban J connectivity index is 2.60. The lowest BCUT2D eigenvalue weighted by molar-refractivity contribution is -0.151. The summed E-state index contributed by atoms with van der Waals surface area (Å²) in [7, 11) is 2.13. The fourth-order valence-electron chi connectivity index (χ4n) is 2.23. The molecule has 3 nitrogen and oxygen atoms in total. The summed E-state index contributed by atoms with van der Waals surface area (Å²) in [6.45, 7) is 6.54. The summed E-state index contributed by atoms with van der Waals surface area (Å²) in [5.41, 5.74) is 0.0964. The van der Waals surface area contributed by atoms with E-state index in [1.54, 1.807) is 0 Å². The van der Waals surface area contributed by atoms with Crippen molar-refractivity contribution in [3.05, 3.63) is 0 Å².